The lowest BCUT2D eigenvalue weighted by Crippen LogP contribution is -2.17. The normalized spacial score (nSPS) is 12.4. The van der Waals surface area contributed by atoms with Gasteiger partial charge in [-0.15, -0.1) is 0 Å². The van der Waals surface area contributed by atoms with E-state index in [4.69, 9.17) is 0 Å². The second kappa shape index (κ2) is 5.94. The molecule has 1 unspecified atom stereocenters. The molecule has 3 heteroatoms. The zero-order valence-corrected chi connectivity index (χ0v) is 11.3. The summed E-state index contributed by atoms with van der Waals surface area (Å²) in [6.07, 6.45) is 3.65. The van der Waals surface area contributed by atoms with Crippen LogP contribution in [0.4, 0.5) is 0 Å². The molecule has 1 aromatic carbocycles. The molecule has 1 atom stereocenters. The summed E-state index contributed by atoms with van der Waals surface area (Å²) in [6, 6.07) is 12.8. The Morgan fingerprint density at radius 2 is 1.76 bits per heavy atom. The van der Waals surface area contributed by atoms with E-state index in [1.54, 1.807) is 0 Å². The van der Waals surface area contributed by atoms with Crippen molar-refractivity contribution in [3.8, 4) is 0 Å². The summed E-state index contributed by atoms with van der Waals surface area (Å²) >= 11 is 3.43. The number of hydrogen-bond acceptors (Lipinski definition) is 2. The summed E-state index contributed by atoms with van der Waals surface area (Å²) in [5.41, 5.74) is 2.55. The molecule has 0 saturated heterocycles. The van der Waals surface area contributed by atoms with Gasteiger partial charge in [-0.1, -0.05) is 28.1 Å². The third-order valence-corrected chi connectivity index (χ3v) is 3.26. The van der Waals surface area contributed by atoms with Gasteiger partial charge in [0.05, 0.1) is 0 Å². The smallest absolute Gasteiger partial charge is 0.0296 e. The van der Waals surface area contributed by atoms with E-state index >= 15 is 0 Å². The van der Waals surface area contributed by atoms with Gasteiger partial charge in [-0.05, 0) is 42.3 Å². The molecule has 2 aromatic rings. The lowest BCUT2D eigenvalue weighted by Gasteiger charge is -2.14. The molecule has 0 spiro atoms. The van der Waals surface area contributed by atoms with Crippen molar-refractivity contribution in [2.45, 2.75) is 19.5 Å². The molecule has 0 radical (unpaired) electrons. The molecule has 1 aromatic heterocycles. The van der Waals surface area contributed by atoms with Gasteiger partial charge in [0.2, 0.25) is 0 Å². The van der Waals surface area contributed by atoms with E-state index in [2.05, 4.69) is 57.4 Å². The van der Waals surface area contributed by atoms with Gasteiger partial charge in [0.25, 0.3) is 0 Å². The Balaban J connectivity index is 1.92. The molecule has 1 heterocycles. The predicted molar refractivity (Wildman–Crippen MR) is 73.6 cm³/mol. The van der Waals surface area contributed by atoms with E-state index < -0.39 is 0 Å². The lowest BCUT2D eigenvalue weighted by atomic mass is 10.1. The SMILES string of the molecule is CC(NCc1ccc(Br)cc1)c1ccncc1. The van der Waals surface area contributed by atoms with Crippen molar-refractivity contribution in [3.05, 3.63) is 64.4 Å². The van der Waals surface area contributed by atoms with Crippen molar-refractivity contribution in [2.24, 2.45) is 0 Å². The average molecular weight is 291 g/mol. The van der Waals surface area contributed by atoms with E-state index in [9.17, 15) is 0 Å². The minimum absolute atomic E-state index is 0.335. The van der Waals surface area contributed by atoms with Crippen LogP contribution in [-0.2, 0) is 6.54 Å². The van der Waals surface area contributed by atoms with Crippen LogP contribution in [0.3, 0.4) is 0 Å². The van der Waals surface area contributed by atoms with Gasteiger partial charge < -0.3 is 5.32 Å². The van der Waals surface area contributed by atoms with Crippen molar-refractivity contribution >= 4 is 15.9 Å². The highest BCUT2D eigenvalue weighted by Gasteiger charge is 2.03. The molecule has 0 bridgehead atoms. The summed E-state index contributed by atoms with van der Waals surface area (Å²) in [5.74, 6) is 0. The van der Waals surface area contributed by atoms with Gasteiger partial charge >= 0.3 is 0 Å². The Kier molecular flexibility index (Phi) is 4.29. The van der Waals surface area contributed by atoms with Crippen molar-refractivity contribution < 1.29 is 0 Å². The zero-order chi connectivity index (χ0) is 12.1. The molecular weight excluding hydrogens is 276 g/mol. The molecular formula is C14H15BrN2. The Morgan fingerprint density at radius 3 is 2.41 bits per heavy atom. The topological polar surface area (TPSA) is 24.9 Å². The standard InChI is InChI=1S/C14H15BrN2/c1-11(13-6-8-16-9-7-13)17-10-12-2-4-14(15)5-3-12/h2-9,11,17H,10H2,1H3. The molecule has 88 valence electrons. The highest BCUT2D eigenvalue weighted by Crippen LogP contribution is 2.13. The van der Waals surface area contributed by atoms with Crippen LogP contribution in [-0.4, -0.2) is 4.98 Å². The van der Waals surface area contributed by atoms with E-state index in [-0.39, 0.29) is 0 Å². The van der Waals surface area contributed by atoms with E-state index in [0.29, 0.717) is 6.04 Å². The molecule has 0 aliphatic heterocycles. The summed E-state index contributed by atoms with van der Waals surface area (Å²) in [4.78, 5) is 4.02. The third-order valence-electron chi connectivity index (χ3n) is 2.73. The number of aromatic nitrogens is 1. The molecule has 0 saturated carbocycles. The number of nitrogens with one attached hydrogen (secondary N) is 1. The first-order chi connectivity index (χ1) is 8.25. The van der Waals surface area contributed by atoms with Gasteiger partial charge in [0.1, 0.15) is 0 Å². The predicted octanol–water partition coefficient (Wildman–Crippen LogP) is 3.69. The highest BCUT2D eigenvalue weighted by atomic mass is 79.9. The van der Waals surface area contributed by atoms with Gasteiger partial charge in [-0.25, -0.2) is 0 Å². The maximum atomic E-state index is 4.02. The number of hydrogen-bond donors (Lipinski definition) is 1. The van der Waals surface area contributed by atoms with Gasteiger partial charge in [-0.3, -0.25) is 4.98 Å². The van der Waals surface area contributed by atoms with Gasteiger partial charge in [-0.2, -0.15) is 0 Å². The number of halogens is 1. The highest BCUT2D eigenvalue weighted by molar-refractivity contribution is 9.10. The maximum Gasteiger partial charge on any atom is 0.0296 e. The second-order valence-electron chi connectivity index (χ2n) is 4.01. The summed E-state index contributed by atoms with van der Waals surface area (Å²) in [5, 5.41) is 3.49. The Hall–Kier alpha value is -1.19. The minimum atomic E-state index is 0.335. The monoisotopic (exact) mass is 290 g/mol. The van der Waals surface area contributed by atoms with Crippen LogP contribution < -0.4 is 5.32 Å². The lowest BCUT2D eigenvalue weighted by molar-refractivity contribution is 0.574. The molecule has 2 rings (SSSR count). The number of rotatable bonds is 4. The van der Waals surface area contributed by atoms with Crippen molar-refractivity contribution in [1.82, 2.24) is 10.3 Å². The van der Waals surface area contributed by atoms with Crippen LogP contribution >= 0.6 is 15.9 Å². The van der Waals surface area contributed by atoms with E-state index in [1.165, 1.54) is 11.1 Å². The molecule has 0 aliphatic rings. The van der Waals surface area contributed by atoms with E-state index in [0.717, 1.165) is 11.0 Å². The zero-order valence-electron chi connectivity index (χ0n) is 9.73. The van der Waals surface area contributed by atoms with Gasteiger partial charge in [0.15, 0.2) is 0 Å². The molecule has 0 fully saturated rings. The van der Waals surface area contributed by atoms with Crippen LogP contribution in [0.5, 0.6) is 0 Å². The molecule has 17 heavy (non-hydrogen) atoms. The van der Waals surface area contributed by atoms with Crippen LogP contribution in [0.15, 0.2) is 53.3 Å². The van der Waals surface area contributed by atoms with E-state index in [1.807, 2.05) is 24.5 Å². The van der Waals surface area contributed by atoms with Crippen LogP contribution in [0.2, 0.25) is 0 Å². The minimum Gasteiger partial charge on any atom is -0.306 e. The fraction of sp³-hybridized carbons (Fsp3) is 0.214. The van der Waals surface area contributed by atoms with Crippen LogP contribution in [0.1, 0.15) is 24.1 Å². The third kappa shape index (κ3) is 3.65. The quantitative estimate of drug-likeness (QED) is 0.929. The van der Waals surface area contributed by atoms with Crippen LogP contribution in [0, 0.1) is 0 Å². The Morgan fingerprint density at radius 1 is 1.12 bits per heavy atom. The summed E-state index contributed by atoms with van der Waals surface area (Å²) in [7, 11) is 0. The first-order valence-corrected chi connectivity index (χ1v) is 6.43. The number of pyridine rings is 1. The van der Waals surface area contributed by atoms with Crippen molar-refractivity contribution in [2.75, 3.05) is 0 Å². The first-order valence-electron chi connectivity index (χ1n) is 5.63. The first kappa shape index (κ1) is 12.3. The number of nitrogens with zero attached hydrogens (tertiary/aromatic N) is 1. The van der Waals surface area contributed by atoms with Crippen LogP contribution in [0.25, 0.3) is 0 Å². The average Bonchev–Trinajstić information content (AvgIpc) is 2.39. The molecule has 1 N–H and O–H groups in total. The summed E-state index contributed by atoms with van der Waals surface area (Å²) in [6.45, 7) is 3.03. The Bertz CT molecular complexity index is 453. The molecule has 0 aliphatic carbocycles. The van der Waals surface area contributed by atoms with Crippen molar-refractivity contribution in [3.63, 3.8) is 0 Å². The summed E-state index contributed by atoms with van der Waals surface area (Å²) < 4.78 is 1.11. The fourth-order valence-electron chi connectivity index (χ4n) is 1.64. The molecule has 0 amide bonds. The fourth-order valence-corrected chi connectivity index (χ4v) is 1.91. The number of benzene rings is 1. The maximum absolute atomic E-state index is 4.02. The second-order valence-corrected chi connectivity index (χ2v) is 4.93. The Labute approximate surface area is 110 Å². The largest absolute Gasteiger partial charge is 0.306 e. The van der Waals surface area contributed by atoms with Gasteiger partial charge in [0, 0.05) is 29.5 Å². The van der Waals surface area contributed by atoms with Crippen molar-refractivity contribution in [1.29, 1.82) is 0 Å². The molecule has 2 nitrogen and oxygen atoms in total.